The van der Waals surface area contributed by atoms with Crippen molar-refractivity contribution in [2.75, 3.05) is 12.3 Å². The van der Waals surface area contributed by atoms with Gasteiger partial charge in [-0.15, -0.1) is 0 Å². The van der Waals surface area contributed by atoms with E-state index in [-0.39, 0.29) is 0 Å². The lowest BCUT2D eigenvalue weighted by Crippen LogP contribution is -2.09. The van der Waals surface area contributed by atoms with Crippen molar-refractivity contribution in [1.29, 1.82) is 0 Å². The van der Waals surface area contributed by atoms with Crippen LogP contribution in [0.2, 0.25) is 0 Å². The lowest BCUT2D eigenvalue weighted by molar-refractivity contribution is 0.100. The van der Waals surface area contributed by atoms with E-state index in [9.17, 15) is 4.79 Å². The Balaban J connectivity index is 2.43. The van der Waals surface area contributed by atoms with Crippen LogP contribution in [0.25, 0.3) is 5.69 Å². The number of primary amides is 1. The van der Waals surface area contributed by atoms with E-state index in [2.05, 4.69) is 5.10 Å². The van der Waals surface area contributed by atoms with E-state index in [1.54, 1.807) is 12.1 Å². The van der Waals surface area contributed by atoms with Crippen molar-refractivity contribution in [1.82, 2.24) is 9.78 Å². The van der Waals surface area contributed by atoms with Crippen LogP contribution >= 0.6 is 0 Å². The summed E-state index contributed by atoms with van der Waals surface area (Å²) in [6, 6.07) is 5.37. The summed E-state index contributed by atoms with van der Waals surface area (Å²) < 4.78 is 6.89. The maximum atomic E-state index is 11.0. The summed E-state index contributed by atoms with van der Waals surface area (Å²) in [7, 11) is 0. The zero-order valence-corrected chi connectivity index (χ0v) is 9.96. The molecule has 0 atom stereocenters. The van der Waals surface area contributed by atoms with Gasteiger partial charge in [-0.3, -0.25) is 4.79 Å². The number of nitrogen functional groups attached to an aromatic ring is 1. The summed E-state index contributed by atoms with van der Waals surface area (Å²) in [5.74, 6) is 0.0620. The maximum absolute atomic E-state index is 11.0. The Bertz CT molecular complexity index is 577. The molecule has 1 heterocycles. The zero-order chi connectivity index (χ0) is 13.1. The van der Waals surface area contributed by atoms with Crippen molar-refractivity contribution < 1.29 is 9.53 Å². The molecule has 0 saturated carbocycles. The van der Waals surface area contributed by atoms with E-state index in [0.29, 0.717) is 29.3 Å². The first-order valence-electron chi connectivity index (χ1n) is 5.49. The minimum Gasteiger partial charge on any atom is -0.492 e. The summed E-state index contributed by atoms with van der Waals surface area (Å²) in [5.41, 5.74) is 12.6. The molecule has 0 bridgehead atoms. The van der Waals surface area contributed by atoms with Crippen LogP contribution in [-0.2, 0) is 0 Å². The van der Waals surface area contributed by atoms with Gasteiger partial charge in [-0.1, -0.05) is 6.07 Å². The van der Waals surface area contributed by atoms with Gasteiger partial charge >= 0.3 is 0 Å². The molecule has 0 spiro atoms. The number of carbonyl (C=O) groups excluding carboxylic acids is 1. The molecular weight excluding hydrogens is 232 g/mol. The van der Waals surface area contributed by atoms with Crippen LogP contribution in [0.5, 0.6) is 5.75 Å². The number of hydrogen-bond donors (Lipinski definition) is 2. The van der Waals surface area contributed by atoms with Gasteiger partial charge in [0.15, 0.2) is 0 Å². The number of aromatic nitrogens is 2. The minimum atomic E-state index is -0.527. The lowest BCUT2D eigenvalue weighted by atomic mass is 10.2. The van der Waals surface area contributed by atoms with Crippen LogP contribution < -0.4 is 16.2 Å². The van der Waals surface area contributed by atoms with Crippen LogP contribution in [-0.4, -0.2) is 22.3 Å². The van der Waals surface area contributed by atoms with Crippen molar-refractivity contribution in [3.05, 3.63) is 36.2 Å². The smallest absolute Gasteiger partial charge is 0.251 e. The van der Waals surface area contributed by atoms with Gasteiger partial charge in [0.25, 0.3) is 5.91 Å². The quantitative estimate of drug-likeness (QED) is 0.785. The standard InChI is InChI=1S/C12H14N4O2/c1-2-18-10-5-3-4-9(11(10)13)16-7-8(6-15-16)12(14)17/h3-7H,2,13H2,1H3,(H2,14,17). The molecule has 0 aliphatic heterocycles. The van der Waals surface area contributed by atoms with E-state index in [0.717, 1.165) is 0 Å². The van der Waals surface area contributed by atoms with E-state index >= 15 is 0 Å². The second kappa shape index (κ2) is 4.79. The van der Waals surface area contributed by atoms with Gasteiger partial charge in [-0.25, -0.2) is 4.68 Å². The number of hydrogen-bond acceptors (Lipinski definition) is 4. The summed E-state index contributed by atoms with van der Waals surface area (Å²) in [6.45, 7) is 2.41. The number of benzene rings is 1. The Hall–Kier alpha value is -2.50. The number of nitrogens with two attached hydrogens (primary N) is 2. The fourth-order valence-corrected chi connectivity index (χ4v) is 1.60. The van der Waals surface area contributed by atoms with E-state index in [1.807, 2.05) is 13.0 Å². The number of nitrogens with zero attached hydrogens (tertiary/aromatic N) is 2. The molecular formula is C12H14N4O2. The lowest BCUT2D eigenvalue weighted by Gasteiger charge is -2.10. The van der Waals surface area contributed by atoms with Gasteiger partial charge in [-0.05, 0) is 19.1 Å². The van der Waals surface area contributed by atoms with Gasteiger partial charge < -0.3 is 16.2 Å². The third-order valence-electron chi connectivity index (χ3n) is 2.46. The van der Waals surface area contributed by atoms with Crippen LogP contribution in [0.3, 0.4) is 0 Å². The molecule has 1 aromatic carbocycles. The molecule has 2 aromatic rings. The highest BCUT2D eigenvalue weighted by Crippen LogP contribution is 2.27. The summed E-state index contributed by atoms with van der Waals surface area (Å²) in [4.78, 5) is 11.0. The van der Waals surface area contributed by atoms with Crippen LogP contribution in [0.4, 0.5) is 5.69 Å². The SMILES string of the molecule is CCOc1cccc(-n2cc(C(N)=O)cn2)c1N. The molecule has 0 fully saturated rings. The number of carbonyl (C=O) groups is 1. The third-order valence-corrected chi connectivity index (χ3v) is 2.46. The minimum absolute atomic E-state index is 0.330. The fourth-order valence-electron chi connectivity index (χ4n) is 1.60. The number of para-hydroxylation sites is 1. The molecule has 2 rings (SSSR count). The molecule has 1 amide bonds. The van der Waals surface area contributed by atoms with Gasteiger partial charge in [0.05, 0.1) is 24.1 Å². The second-order valence-corrected chi connectivity index (χ2v) is 3.66. The van der Waals surface area contributed by atoms with Crippen LogP contribution in [0, 0.1) is 0 Å². The van der Waals surface area contributed by atoms with Gasteiger partial charge in [0.2, 0.25) is 0 Å². The molecule has 6 heteroatoms. The molecule has 94 valence electrons. The maximum Gasteiger partial charge on any atom is 0.251 e. The first kappa shape index (κ1) is 12.0. The predicted octanol–water partition coefficient (Wildman–Crippen LogP) is 0.952. The second-order valence-electron chi connectivity index (χ2n) is 3.66. The van der Waals surface area contributed by atoms with E-state index in [4.69, 9.17) is 16.2 Å². The van der Waals surface area contributed by atoms with Crippen molar-refractivity contribution >= 4 is 11.6 Å². The zero-order valence-electron chi connectivity index (χ0n) is 9.96. The Morgan fingerprint density at radius 1 is 1.50 bits per heavy atom. The first-order valence-corrected chi connectivity index (χ1v) is 5.49. The molecule has 0 aliphatic carbocycles. The monoisotopic (exact) mass is 246 g/mol. The number of rotatable bonds is 4. The average Bonchev–Trinajstić information content (AvgIpc) is 2.81. The molecule has 1 aromatic heterocycles. The Labute approximate surface area is 104 Å². The van der Waals surface area contributed by atoms with Crippen molar-refractivity contribution in [3.8, 4) is 11.4 Å². The summed E-state index contributed by atoms with van der Waals surface area (Å²) in [6.07, 6.45) is 2.93. The van der Waals surface area contributed by atoms with Crippen molar-refractivity contribution in [2.24, 2.45) is 5.73 Å². The van der Waals surface area contributed by atoms with Crippen LogP contribution in [0.15, 0.2) is 30.6 Å². The van der Waals surface area contributed by atoms with Gasteiger partial charge in [-0.2, -0.15) is 5.10 Å². The van der Waals surface area contributed by atoms with Gasteiger partial charge in [0.1, 0.15) is 11.4 Å². The molecule has 0 aliphatic rings. The van der Waals surface area contributed by atoms with Crippen molar-refractivity contribution in [2.45, 2.75) is 6.92 Å². The predicted molar refractivity (Wildman–Crippen MR) is 67.7 cm³/mol. The van der Waals surface area contributed by atoms with Gasteiger partial charge in [0, 0.05) is 6.20 Å². The van der Waals surface area contributed by atoms with E-state index < -0.39 is 5.91 Å². The Morgan fingerprint density at radius 3 is 2.89 bits per heavy atom. The van der Waals surface area contributed by atoms with Crippen LogP contribution in [0.1, 0.15) is 17.3 Å². The Kier molecular flexibility index (Phi) is 3.18. The number of ether oxygens (including phenoxy) is 1. The molecule has 0 unspecified atom stereocenters. The van der Waals surface area contributed by atoms with Crippen molar-refractivity contribution in [3.63, 3.8) is 0 Å². The largest absolute Gasteiger partial charge is 0.492 e. The third kappa shape index (κ3) is 2.13. The normalized spacial score (nSPS) is 10.3. The average molecular weight is 246 g/mol. The summed E-state index contributed by atoms with van der Waals surface area (Å²) in [5, 5.41) is 4.05. The molecule has 4 N–H and O–H groups in total. The molecule has 18 heavy (non-hydrogen) atoms. The molecule has 0 saturated heterocycles. The Morgan fingerprint density at radius 2 is 2.28 bits per heavy atom. The molecule has 0 radical (unpaired) electrons. The summed E-state index contributed by atoms with van der Waals surface area (Å²) >= 11 is 0. The number of amides is 1. The molecule has 6 nitrogen and oxygen atoms in total. The highest BCUT2D eigenvalue weighted by molar-refractivity contribution is 5.92. The number of anilines is 1. The topological polar surface area (TPSA) is 96.2 Å². The first-order chi connectivity index (χ1) is 8.63. The highest BCUT2D eigenvalue weighted by atomic mass is 16.5. The van der Waals surface area contributed by atoms with E-state index in [1.165, 1.54) is 17.1 Å². The highest BCUT2D eigenvalue weighted by Gasteiger charge is 2.10. The fraction of sp³-hybridized carbons (Fsp3) is 0.167.